The van der Waals surface area contributed by atoms with Gasteiger partial charge in [0.1, 0.15) is 5.01 Å². The molecule has 4 nitrogen and oxygen atoms in total. The van der Waals surface area contributed by atoms with Gasteiger partial charge in [-0.05, 0) is 25.5 Å². The molecule has 0 saturated heterocycles. The molecule has 1 aromatic heterocycles. The van der Waals surface area contributed by atoms with Crippen molar-refractivity contribution >= 4 is 53.0 Å². The molecule has 24 heavy (non-hydrogen) atoms. The SMILES string of the molecule is CCNC(=NCc1ncc(CC)s1)NCCSc1ccccc1.I. The summed E-state index contributed by atoms with van der Waals surface area (Å²) >= 11 is 3.59. The van der Waals surface area contributed by atoms with Gasteiger partial charge in [0.05, 0.1) is 6.54 Å². The van der Waals surface area contributed by atoms with E-state index in [1.165, 1.54) is 9.77 Å². The van der Waals surface area contributed by atoms with E-state index in [-0.39, 0.29) is 24.0 Å². The number of benzene rings is 1. The van der Waals surface area contributed by atoms with Crippen LogP contribution in [0.25, 0.3) is 0 Å². The van der Waals surface area contributed by atoms with Crippen LogP contribution >= 0.6 is 47.1 Å². The molecule has 0 spiro atoms. The van der Waals surface area contributed by atoms with Crippen LogP contribution in [0.3, 0.4) is 0 Å². The van der Waals surface area contributed by atoms with Crippen LogP contribution in [0, 0.1) is 0 Å². The molecule has 0 aliphatic heterocycles. The van der Waals surface area contributed by atoms with E-state index in [1.807, 2.05) is 24.0 Å². The molecule has 0 atom stereocenters. The maximum absolute atomic E-state index is 4.61. The predicted octanol–water partition coefficient (Wildman–Crippen LogP) is 4.17. The highest BCUT2D eigenvalue weighted by atomic mass is 127. The molecule has 0 fully saturated rings. The lowest BCUT2D eigenvalue weighted by atomic mass is 10.4. The van der Waals surface area contributed by atoms with E-state index in [4.69, 9.17) is 0 Å². The quantitative estimate of drug-likeness (QED) is 0.198. The van der Waals surface area contributed by atoms with Gasteiger partial charge in [0, 0.05) is 34.8 Å². The molecule has 1 aromatic carbocycles. The van der Waals surface area contributed by atoms with Crippen molar-refractivity contribution in [3.8, 4) is 0 Å². The smallest absolute Gasteiger partial charge is 0.191 e. The molecule has 132 valence electrons. The van der Waals surface area contributed by atoms with E-state index >= 15 is 0 Å². The zero-order chi connectivity index (χ0) is 16.3. The number of nitrogens with zero attached hydrogens (tertiary/aromatic N) is 2. The Bertz CT molecular complexity index is 602. The van der Waals surface area contributed by atoms with E-state index < -0.39 is 0 Å². The van der Waals surface area contributed by atoms with Gasteiger partial charge in [0.25, 0.3) is 0 Å². The molecule has 0 amide bonds. The molecule has 0 aliphatic carbocycles. The minimum atomic E-state index is 0. The molecule has 7 heteroatoms. The summed E-state index contributed by atoms with van der Waals surface area (Å²) < 4.78 is 0. The molecule has 0 bridgehead atoms. The summed E-state index contributed by atoms with van der Waals surface area (Å²) in [5.41, 5.74) is 0. The topological polar surface area (TPSA) is 49.3 Å². The van der Waals surface area contributed by atoms with Gasteiger partial charge in [0.2, 0.25) is 0 Å². The number of aryl methyl sites for hydroxylation is 1. The number of aliphatic imine (C=N–C) groups is 1. The Morgan fingerprint density at radius 2 is 2.00 bits per heavy atom. The standard InChI is InChI=1S/C17H24N4S2.HI/c1-3-14-12-20-16(23-14)13-21-17(18-4-2)19-10-11-22-15-8-6-5-7-9-15;/h5-9,12H,3-4,10-11,13H2,1-2H3,(H2,18,19,21);1H. The Kier molecular flexibility index (Phi) is 11.1. The summed E-state index contributed by atoms with van der Waals surface area (Å²) in [5, 5.41) is 7.72. The highest BCUT2D eigenvalue weighted by molar-refractivity contribution is 14.0. The summed E-state index contributed by atoms with van der Waals surface area (Å²) in [6, 6.07) is 10.5. The molecule has 2 rings (SSSR count). The highest BCUT2D eigenvalue weighted by Gasteiger charge is 2.01. The monoisotopic (exact) mass is 476 g/mol. The number of guanidine groups is 1. The number of hydrogen-bond donors (Lipinski definition) is 2. The Hall–Kier alpha value is -0.800. The van der Waals surface area contributed by atoms with Crippen LogP contribution in [-0.4, -0.2) is 29.8 Å². The Balaban J connectivity index is 0.00000288. The fourth-order valence-corrected chi connectivity index (χ4v) is 3.50. The molecule has 2 aromatic rings. The normalized spacial score (nSPS) is 11.0. The van der Waals surface area contributed by atoms with Crippen LogP contribution in [0.1, 0.15) is 23.7 Å². The molecule has 0 unspecified atom stereocenters. The predicted molar refractivity (Wildman–Crippen MR) is 117 cm³/mol. The largest absolute Gasteiger partial charge is 0.357 e. The number of aromatic nitrogens is 1. The molecule has 1 heterocycles. The third kappa shape index (κ3) is 7.85. The molecular formula is C17H25IN4S2. The Morgan fingerprint density at radius 3 is 2.67 bits per heavy atom. The maximum Gasteiger partial charge on any atom is 0.191 e. The molecule has 0 saturated carbocycles. The van der Waals surface area contributed by atoms with E-state index in [2.05, 4.69) is 58.7 Å². The van der Waals surface area contributed by atoms with Gasteiger partial charge in [-0.15, -0.1) is 47.1 Å². The van der Waals surface area contributed by atoms with Crippen molar-refractivity contribution in [1.29, 1.82) is 0 Å². The summed E-state index contributed by atoms with van der Waals surface area (Å²) in [7, 11) is 0. The average Bonchev–Trinajstić information content (AvgIpc) is 3.05. The number of thiazole rings is 1. The molecule has 0 radical (unpaired) electrons. The lowest BCUT2D eigenvalue weighted by Crippen LogP contribution is -2.38. The average molecular weight is 476 g/mol. The van der Waals surface area contributed by atoms with Gasteiger partial charge in [-0.3, -0.25) is 0 Å². The van der Waals surface area contributed by atoms with Gasteiger partial charge in [-0.1, -0.05) is 25.1 Å². The molecule has 2 N–H and O–H groups in total. The van der Waals surface area contributed by atoms with Crippen LogP contribution in [0.5, 0.6) is 0 Å². The van der Waals surface area contributed by atoms with E-state index in [1.54, 1.807) is 11.3 Å². The van der Waals surface area contributed by atoms with Crippen LogP contribution in [0.15, 0.2) is 46.4 Å². The lowest BCUT2D eigenvalue weighted by molar-refractivity contribution is 0.841. The maximum atomic E-state index is 4.61. The van der Waals surface area contributed by atoms with Crippen LogP contribution in [0.2, 0.25) is 0 Å². The Morgan fingerprint density at radius 1 is 1.21 bits per heavy atom. The minimum absolute atomic E-state index is 0. The van der Waals surface area contributed by atoms with E-state index in [9.17, 15) is 0 Å². The van der Waals surface area contributed by atoms with Gasteiger partial charge in [-0.25, -0.2) is 9.98 Å². The number of hydrogen-bond acceptors (Lipinski definition) is 4. The zero-order valence-corrected chi connectivity index (χ0v) is 18.1. The zero-order valence-electron chi connectivity index (χ0n) is 14.1. The minimum Gasteiger partial charge on any atom is -0.357 e. The van der Waals surface area contributed by atoms with Crippen molar-refractivity contribution in [3.05, 3.63) is 46.4 Å². The van der Waals surface area contributed by atoms with Gasteiger partial charge >= 0.3 is 0 Å². The first-order chi connectivity index (χ1) is 11.3. The van der Waals surface area contributed by atoms with E-state index in [0.29, 0.717) is 6.54 Å². The van der Waals surface area contributed by atoms with E-state index in [0.717, 1.165) is 36.2 Å². The van der Waals surface area contributed by atoms with Crippen molar-refractivity contribution in [2.75, 3.05) is 18.8 Å². The fraction of sp³-hybridized carbons (Fsp3) is 0.412. The lowest BCUT2D eigenvalue weighted by Gasteiger charge is -2.10. The first-order valence-corrected chi connectivity index (χ1v) is 9.75. The second-order valence-electron chi connectivity index (χ2n) is 4.86. The highest BCUT2D eigenvalue weighted by Crippen LogP contribution is 2.16. The van der Waals surface area contributed by atoms with Crippen molar-refractivity contribution < 1.29 is 0 Å². The molecular weight excluding hydrogens is 451 g/mol. The summed E-state index contributed by atoms with van der Waals surface area (Å²) in [6.07, 6.45) is 2.99. The summed E-state index contributed by atoms with van der Waals surface area (Å²) in [5.74, 6) is 1.86. The first kappa shape index (κ1) is 21.2. The molecule has 0 aliphatic rings. The number of halogens is 1. The number of rotatable bonds is 8. The summed E-state index contributed by atoms with van der Waals surface area (Å²) in [4.78, 5) is 11.6. The third-order valence-corrected chi connectivity index (χ3v) is 5.21. The second kappa shape index (κ2) is 12.5. The van der Waals surface area contributed by atoms with Gasteiger partial charge < -0.3 is 10.6 Å². The first-order valence-electron chi connectivity index (χ1n) is 7.95. The van der Waals surface area contributed by atoms with Gasteiger partial charge in [0.15, 0.2) is 5.96 Å². The summed E-state index contributed by atoms with van der Waals surface area (Å²) in [6.45, 7) is 6.59. The second-order valence-corrected chi connectivity index (χ2v) is 7.23. The Labute approximate surface area is 170 Å². The fourth-order valence-electron chi connectivity index (χ4n) is 1.93. The van der Waals surface area contributed by atoms with Crippen LogP contribution < -0.4 is 10.6 Å². The number of nitrogens with one attached hydrogen (secondary N) is 2. The van der Waals surface area contributed by atoms with Crippen molar-refractivity contribution in [2.24, 2.45) is 4.99 Å². The van der Waals surface area contributed by atoms with Crippen molar-refractivity contribution in [3.63, 3.8) is 0 Å². The van der Waals surface area contributed by atoms with Crippen molar-refractivity contribution in [2.45, 2.75) is 31.7 Å². The van der Waals surface area contributed by atoms with Crippen LogP contribution in [0.4, 0.5) is 0 Å². The van der Waals surface area contributed by atoms with Gasteiger partial charge in [-0.2, -0.15) is 0 Å². The van der Waals surface area contributed by atoms with Crippen LogP contribution in [-0.2, 0) is 13.0 Å². The number of thioether (sulfide) groups is 1. The third-order valence-electron chi connectivity index (χ3n) is 3.07. The van der Waals surface area contributed by atoms with Crippen molar-refractivity contribution in [1.82, 2.24) is 15.6 Å².